The number of nitrogens with one attached hydrogen (secondary N) is 2. The molecule has 0 bridgehead atoms. The highest BCUT2D eigenvalue weighted by atomic mass is 19.4. The van der Waals surface area contributed by atoms with E-state index in [0.717, 1.165) is 12.1 Å². The Labute approximate surface area is 158 Å². The molecule has 3 amide bonds. The van der Waals surface area contributed by atoms with E-state index in [-0.39, 0.29) is 23.5 Å². The summed E-state index contributed by atoms with van der Waals surface area (Å²) in [5.41, 5.74) is 5.18. The molecule has 0 saturated heterocycles. The van der Waals surface area contributed by atoms with Gasteiger partial charge in [0.1, 0.15) is 6.04 Å². The third-order valence-corrected chi connectivity index (χ3v) is 3.79. The lowest BCUT2D eigenvalue weighted by Crippen LogP contribution is -2.45. The quantitative estimate of drug-likeness (QED) is 0.703. The Hall–Kier alpha value is -3.36. The first-order chi connectivity index (χ1) is 13.1. The van der Waals surface area contributed by atoms with E-state index in [1.807, 2.05) is 0 Å². The van der Waals surface area contributed by atoms with Gasteiger partial charge in [-0.15, -0.1) is 0 Å². The second-order valence-corrected chi connectivity index (χ2v) is 6.09. The predicted octanol–water partition coefficient (Wildman–Crippen LogP) is 2.49. The molecular weight excluding hydrogens is 375 g/mol. The minimum Gasteiger partial charge on any atom is -0.368 e. The van der Waals surface area contributed by atoms with E-state index in [1.165, 1.54) is 37.3 Å². The lowest BCUT2D eigenvalue weighted by Gasteiger charge is -2.17. The number of rotatable bonds is 6. The molecule has 6 nitrogen and oxygen atoms in total. The van der Waals surface area contributed by atoms with Crippen LogP contribution in [-0.4, -0.2) is 23.8 Å². The van der Waals surface area contributed by atoms with Crippen molar-refractivity contribution >= 4 is 23.4 Å². The first-order valence-electron chi connectivity index (χ1n) is 8.20. The molecule has 0 unspecified atom stereocenters. The maximum absolute atomic E-state index is 12.8. The van der Waals surface area contributed by atoms with Gasteiger partial charge in [0.05, 0.1) is 5.56 Å². The molecule has 9 heteroatoms. The average molecular weight is 393 g/mol. The van der Waals surface area contributed by atoms with E-state index >= 15 is 0 Å². The second-order valence-electron chi connectivity index (χ2n) is 6.09. The van der Waals surface area contributed by atoms with Crippen molar-refractivity contribution in [2.75, 3.05) is 5.32 Å². The molecule has 0 aromatic heterocycles. The van der Waals surface area contributed by atoms with Crippen LogP contribution in [0.15, 0.2) is 48.5 Å². The van der Waals surface area contributed by atoms with Crippen LogP contribution in [0.1, 0.15) is 28.4 Å². The average Bonchev–Trinajstić information content (AvgIpc) is 2.60. The third-order valence-electron chi connectivity index (χ3n) is 3.79. The Bertz CT molecular complexity index is 897. The van der Waals surface area contributed by atoms with Crippen molar-refractivity contribution in [3.05, 3.63) is 65.2 Å². The molecule has 0 aliphatic rings. The first kappa shape index (κ1) is 20.9. The van der Waals surface area contributed by atoms with Crippen molar-refractivity contribution in [2.24, 2.45) is 5.73 Å². The molecule has 0 saturated carbocycles. The minimum atomic E-state index is -4.52. The first-order valence-corrected chi connectivity index (χ1v) is 8.20. The predicted molar refractivity (Wildman–Crippen MR) is 96.3 cm³/mol. The van der Waals surface area contributed by atoms with Crippen LogP contribution in [0.25, 0.3) is 0 Å². The smallest absolute Gasteiger partial charge is 0.368 e. The number of hydrogen-bond acceptors (Lipinski definition) is 3. The number of benzene rings is 2. The standard InChI is InChI=1S/C19H18F3N3O3/c1-11(26)24-15-7-3-5-13(10-15)18(28)25-16(17(23)27)9-12-4-2-6-14(8-12)19(20,21)22/h2-8,10,16H,9H2,1H3,(H2,23,27)(H,24,26)(H,25,28)/t16-/m1/s1. The summed E-state index contributed by atoms with van der Waals surface area (Å²) in [5.74, 6) is -1.86. The summed E-state index contributed by atoms with van der Waals surface area (Å²) in [4.78, 5) is 35.2. The zero-order valence-electron chi connectivity index (χ0n) is 14.8. The number of primary amides is 1. The number of anilines is 1. The summed E-state index contributed by atoms with van der Waals surface area (Å²) < 4.78 is 38.5. The van der Waals surface area contributed by atoms with E-state index < -0.39 is 29.6 Å². The van der Waals surface area contributed by atoms with Crippen LogP contribution in [0.3, 0.4) is 0 Å². The number of nitrogens with two attached hydrogens (primary N) is 1. The molecule has 0 fully saturated rings. The number of halogens is 3. The molecule has 0 radical (unpaired) electrons. The highest BCUT2D eigenvalue weighted by molar-refractivity contribution is 5.99. The van der Waals surface area contributed by atoms with Gasteiger partial charge in [0.15, 0.2) is 0 Å². The molecule has 0 aliphatic heterocycles. The van der Waals surface area contributed by atoms with Crippen molar-refractivity contribution in [2.45, 2.75) is 25.6 Å². The summed E-state index contributed by atoms with van der Waals surface area (Å²) in [6.45, 7) is 1.31. The van der Waals surface area contributed by atoms with E-state index in [1.54, 1.807) is 6.07 Å². The van der Waals surface area contributed by atoms with Crippen LogP contribution in [0, 0.1) is 0 Å². The van der Waals surface area contributed by atoms with Crippen molar-refractivity contribution in [3.8, 4) is 0 Å². The molecule has 0 spiro atoms. The largest absolute Gasteiger partial charge is 0.416 e. The van der Waals surface area contributed by atoms with Crippen LogP contribution in [0.5, 0.6) is 0 Å². The molecule has 2 rings (SSSR count). The van der Waals surface area contributed by atoms with Gasteiger partial charge in [0, 0.05) is 24.6 Å². The maximum atomic E-state index is 12.8. The highest BCUT2D eigenvalue weighted by Gasteiger charge is 2.30. The van der Waals surface area contributed by atoms with Gasteiger partial charge < -0.3 is 16.4 Å². The summed E-state index contributed by atoms with van der Waals surface area (Å²) in [5, 5.41) is 4.93. The lowest BCUT2D eigenvalue weighted by atomic mass is 10.0. The topological polar surface area (TPSA) is 101 Å². The van der Waals surface area contributed by atoms with Crippen LogP contribution < -0.4 is 16.4 Å². The van der Waals surface area contributed by atoms with Crippen molar-refractivity contribution < 1.29 is 27.6 Å². The Morgan fingerprint density at radius 1 is 1.07 bits per heavy atom. The minimum absolute atomic E-state index is 0.154. The molecule has 0 heterocycles. The number of alkyl halides is 3. The van der Waals surface area contributed by atoms with Gasteiger partial charge in [-0.25, -0.2) is 0 Å². The van der Waals surface area contributed by atoms with Gasteiger partial charge in [0.2, 0.25) is 11.8 Å². The fourth-order valence-electron chi connectivity index (χ4n) is 2.52. The Morgan fingerprint density at radius 2 is 1.75 bits per heavy atom. The van der Waals surface area contributed by atoms with Crippen molar-refractivity contribution in [3.63, 3.8) is 0 Å². The summed E-state index contributed by atoms with van der Waals surface area (Å²) in [6.07, 6.45) is -4.72. The van der Waals surface area contributed by atoms with E-state index in [4.69, 9.17) is 5.73 Å². The molecule has 0 aliphatic carbocycles. The molecular formula is C19H18F3N3O3. The zero-order chi connectivity index (χ0) is 20.9. The SMILES string of the molecule is CC(=O)Nc1cccc(C(=O)N[C@H](Cc2cccc(C(F)(F)F)c2)C(N)=O)c1. The summed E-state index contributed by atoms with van der Waals surface area (Å²) >= 11 is 0. The van der Waals surface area contributed by atoms with Gasteiger partial charge in [-0.2, -0.15) is 13.2 Å². The summed E-state index contributed by atoms with van der Waals surface area (Å²) in [7, 11) is 0. The van der Waals surface area contributed by atoms with Crippen LogP contribution >= 0.6 is 0 Å². The van der Waals surface area contributed by atoms with E-state index in [0.29, 0.717) is 5.69 Å². The normalized spacial score (nSPS) is 12.1. The molecule has 148 valence electrons. The van der Waals surface area contributed by atoms with Gasteiger partial charge in [-0.05, 0) is 29.8 Å². The number of amides is 3. The van der Waals surface area contributed by atoms with Crippen LogP contribution in [0.4, 0.5) is 18.9 Å². The van der Waals surface area contributed by atoms with Gasteiger partial charge in [0.25, 0.3) is 5.91 Å². The molecule has 1 atom stereocenters. The van der Waals surface area contributed by atoms with Gasteiger partial charge >= 0.3 is 6.18 Å². The molecule has 2 aromatic rings. The zero-order valence-corrected chi connectivity index (χ0v) is 14.8. The molecule has 4 N–H and O–H groups in total. The third kappa shape index (κ3) is 5.83. The van der Waals surface area contributed by atoms with Crippen molar-refractivity contribution in [1.29, 1.82) is 0 Å². The fraction of sp³-hybridized carbons (Fsp3) is 0.211. The fourth-order valence-corrected chi connectivity index (χ4v) is 2.52. The molecule has 2 aromatic carbocycles. The van der Waals surface area contributed by atoms with Gasteiger partial charge in [-0.3, -0.25) is 14.4 Å². The van der Waals surface area contributed by atoms with E-state index in [9.17, 15) is 27.6 Å². The second kappa shape index (κ2) is 8.55. The monoisotopic (exact) mass is 393 g/mol. The summed E-state index contributed by atoms with van der Waals surface area (Å²) in [6, 6.07) is 9.21. The van der Waals surface area contributed by atoms with Crippen LogP contribution in [0.2, 0.25) is 0 Å². The van der Waals surface area contributed by atoms with Crippen LogP contribution in [-0.2, 0) is 22.2 Å². The number of carbonyl (C=O) groups excluding carboxylic acids is 3. The maximum Gasteiger partial charge on any atom is 0.416 e. The molecule has 28 heavy (non-hydrogen) atoms. The highest BCUT2D eigenvalue weighted by Crippen LogP contribution is 2.29. The van der Waals surface area contributed by atoms with Crippen molar-refractivity contribution in [1.82, 2.24) is 5.32 Å². The lowest BCUT2D eigenvalue weighted by molar-refractivity contribution is -0.137. The van der Waals surface area contributed by atoms with E-state index in [2.05, 4.69) is 10.6 Å². The Balaban J connectivity index is 2.16. The number of hydrogen-bond donors (Lipinski definition) is 3. The van der Waals surface area contributed by atoms with Gasteiger partial charge in [-0.1, -0.05) is 24.3 Å². The Morgan fingerprint density at radius 3 is 2.36 bits per heavy atom. The Kier molecular flexibility index (Phi) is 6.40. The number of carbonyl (C=O) groups is 3.